The van der Waals surface area contributed by atoms with E-state index in [1.807, 2.05) is 13.8 Å². The first-order valence-electron chi connectivity index (χ1n) is 6.40. The van der Waals surface area contributed by atoms with Gasteiger partial charge in [-0.15, -0.1) is 6.58 Å². The maximum Gasteiger partial charge on any atom is 0.251 e. The van der Waals surface area contributed by atoms with Crippen LogP contribution >= 0.6 is 0 Å². The van der Waals surface area contributed by atoms with Crippen LogP contribution in [0.1, 0.15) is 24.2 Å². The molecule has 0 fully saturated rings. The summed E-state index contributed by atoms with van der Waals surface area (Å²) in [5.74, 6) is -1.15. The Balaban J connectivity index is 2.74. The van der Waals surface area contributed by atoms with Crippen LogP contribution in [0, 0.1) is 11.7 Å². The van der Waals surface area contributed by atoms with E-state index in [1.54, 1.807) is 6.08 Å². The molecule has 0 radical (unpaired) electrons. The Kier molecular flexibility index (Phi) is 5.90. The number of halogens is 1. The summed E-state index contributed by atoms with van der Waals surface area (Å²) in [6.45, 7) is 7.53. The maximum atomic E-state index is 12.8. The van der Waals surface area contributed by atoms with Crippen molar-refractivity contribution >= 4 is 11.8 Å². The van der Waals surface area contributed by atoms with Crippen LogP contribution in [0.5, 0.6) is 0 Å². The Morgan fingerprint density at radius 3 is 2.40 bits per heavy atom. The summed E-state index contributed by atoms with van der Waals surface area (Å²) in [6.07, 6.45) is 1.57. The first-order chi connectivity index (χ1) is 9.45. The van der Waals surface area contributed by atoms with Gasteiger partial charge in [-0.1, -0.05) is 19.9 Å². The van der Waals surface area contributed by atoms with Crippen molar-refractivity contribution in [1.29, 1.82) is 0 Å². The highest BCUT2D eigenvalue weighted by Crippen LogP contribution is 2.06. The average Bonchev–Trinajstić information content (AvgIpc) is 2.42. The van der Waals surface area contributed by atoms with Gasteiger partial charge < -0.3 is 10.6 Å². The molecule has 1 rings (SSSR count). The summed E-state index contributed by atoms with van der Waals surface area (Å²) in [5.41, 5.74) is 0.313. The maximum absolute atomic E-state index is 12.8. The van der Waals surface area contributed by atoms with Gasteiger partial charge in [0.1, 0.15) is 11.9 Å². The molecular weight excluding hydrogens is 259 g/mol. The second-order valence-electron chi connectivity index (χ2n) is 4.74. The fraction of sp³-hybridized carbons (Fsp3) is 0.333. The van der Waals surface area contributed by atoms with Gasteiger partial charge in [-0.3, -0.25) is 9.59 Å². The molecule has 0 spiro atoms. The van der Waals surface area contributed by atoms with Crippen molar-refractivity contribution < 1.29 is 14.0 Å². The summed E-state index contributed by atoms with van der Waals surface area (Å²) in [5, 5.41) is 5.30. The highest BCUT2D eigenvalue weighted by Gasteiger charge is 2.24. The lowest BCUT2D eigenvalue weighted by Gasteiger charge is -2.21. The van der Waals surface area contributed by atoms with Crippen LogP contribution in [-0.4, -0.2) is 24.4 Å². The highest BCUT2D eigenvalue weighted by molar-refractivity contribution is 5.97. The molecule has 0 aliphatic heterocycles. The van der Waals surface area contributed by atoms with E-state index in [0.717, 1.165) is 0 Å². The van der Waals surface area contributed by atoms with Crippen molar-refractivity contribution in [2.24, 2.45) is 5.92 Å². The van der Waals surface area contributed by atoms with Crippen LogP contribution in [-0.2, 0) is 4.79 Å². The third-order valence-electron chi connectivity index (χ3n) is 2.76. The number of carbonyl (C=O) groups is 2. The number of carbonyl (C=O) groups excluding carboxylic acids is 2. The molecule has 20 heavy (non-hydrogen) atoms. The Hall–Kier alpha value is -2.17. The molecule has 1 aromatic rings. The number of hydrogen-bond donors (Lipinski definition) is 2. The minimum atomic E-state index is -0.646. The van der Waals surface area contributed by atoms with Gasteiger partial charge in [-0.2, -0.15) is 0 Å². The third-order valence-corrected chi connectivity index (χ3v) is 2.76. The minimum absolute atomic E-state index is 0.0655. The van der Waals surface area contributed by atoms with Gasteiger partial charge in [0.15, 0.2) is 0 Å². The number of nitrogens with one attached hydrogen (secondary N) is 2. The predicted molar refractivity (Wildman–Crippen MR) is 75.7 cm³/mol. The lowest BCUT2D eigenvalue weighted by molar-refractivity contribution is -0.123. The zero-order chi connectivity index (χ0) is 15.1. The molecule has 1 aromatic carbocycles. The molecule has 108 valence electrons. The first-order valence-corrected chi connectivity index (χ1v) is 6.40. The fourth-order valence-corrected chi connectivity index (χ4v) is 1.64. The number of amides is 2. The summed E-state index contributed by atoms with van der Waals surface area (Å²) < 4.78 is 12.8. The molecule has 0 heterocycles. The van der Waals surface area contributed by atoms with Gasteiger partial charge >= 0.3 is 0 Å². The Morgan fingerprint density at radius 1 is 1.30 bits per heavy atom. The van der Waals surface area contributed by atoms with Crippen molar-refractivity contribution in [3.63, 3.8) is 0 Å². The zero-order valence-electron chi connectivity index (χ0n) is 11.7. The number of hydrogen-bond acceptors (Lipinski definition) is 2. The van der Waals surface area contributed by atoms with Crippen molar-refractivity contribution in [1.82, 2.24) is 10.6 Å². The van der Waals surface area contributed by atoms with Crippen LogP contribution in [0.2, 0.25) is 0 Å². The van der Waals surface area contributed by atoms with E-state index >= 15 is 0 Å². The van der Waals surface area contributed by atoms with E-state index in [0.29, 0.717) is 12.1 Å². The molecular formula is C15H19FN2O2. The molecule has 0 bridgehead atoms. The van der Waals surface area contributed by atoms with Crippen LogP contribution in [0.25, 0.3) is 0 Å². The molecule has 4 nitrogen and oxygen atoms in total. The average molecular weight is 278 g/mol. The molecule has 0 unspecified atom stereocenters. The van der Waals surface area contributed by atoms with Gasteiger partial charge in [0.25, 0.3) is 5.91 Å². The third kappa shape index (κ3) is 4.50. The van der Waals surface area contributed by atoms with E-state index in [4.69, 9.17) is 0 Å². The van der Waals surface area contributed by atoms with Gasteiger partial charge in [-0.05, 0) is 30.2 Å². The van der Waals surface area contributed by atoms with Crippen LogP contribution < -0.4 is 10.6 Å². The van der Waals surface area contributed by atoms with Crippen molar-refractivity contribution in [2.45, 2.75) is 19.9 Å². The minimum Gasteiger partial charge on any atom is -0.351 e. The molecule has 0 saturated carbocycles. The quantitative estimate of drug-likeness (QED) is 0.781. The Bertz CT molecular complexity index is 483. The zero-order valence-corrected chi connectivity index (χ0v) is 11.7. The van der Waals surface area contributed by atoms with Gasteiger partial charge in [0.2, 0.25) is 5.91 Å². The largest absolute Gasteiger partial charge is 0.351 e. The Labute approximate surface area is 118 Å². The van der Waals surface area contributed by atoms with E-state index in [2.05, 4.69) is 17.2 Å². The topological polar surface area (TPSA) is 58.2 Å². The molecule has 2 amide bonds. The second kappa shape index (κ2) is 7.43. The standard InChI is InChI=1S/C15H19FN2O2/c1-4-9-17-15(20)13(10(2)3)18-14(19)11-5-7-12(16)8-6-11/h4-8,10,13H,1,9H2,2-3H3,(H,17,20)(H,18,19)/t13-/m1/s1. The highest BCUT2D eigenvalue weighted by atomic mass is 19.1. The SMILES string of the molecule is C=CCNC(=O)[C@H](NC(=O)c1ccc(F)cc1)C(C)C. The van der Waals surface area contributed by atoms with Crippen LogP contribution in [0.15, 0.2) is 36.9 Å². The summed E-state index contributed by atoms with van der Waals surface area (Å²) in [6, 6.07) is 4.52. The fourth-order valence-electron chi connectivity index (χ4n) is 1.64. The first kappa shape index (κ1) is 15.9. The molecule has 0 aromatic heterocycles. The number of rotatable bonds is 6. The lowest BCUT2D eigenvalue weighted by Crippen LogP contribution is -2.49. The molecule has 5 heteroatoms. The summed E-state index contributed by atoms with van der Waals surface area (Å²) in [7, 11) is 0. The smallest absolute Gasteiger partial charge is 0.251 e. The number of benzene rings is 1. The molecule has 1 atom stereocenters. The lowest BCUT2D eigenvalue weighted by atomic mass is 10.0. The van der Waals surface area contributed by atoms with Crippen LogP contribution in [0.4, 0.5) is 4.39 Å². The van der Waals surface area contributed by atoms with Crippen molar-refractivity contribution in [3.8, 4) is 0 Å². The van der Waals surface area contributed by atoms with E-state index in [-0.39, 0.29) is 11.8 Å². The molecule has 0 saturated heterocycles. The van der Waals surface area contributed by atoms with E-state index in [1.165, 1.54) is 24.3 Å². The second-order valence-corrected chi connectivity index (χ2v) is 4.74. The van der Waals surface area contributed by atoms with Gasteiger partial charge in [0.05, 0.1) is 0 Å². The molecule has 0 aliphatic rings. The van der Waals surface area contributed by atoms with E-state index < -0.39 is 17.8 Å². The van der Waals surface area contributed by atoms with Gasteiger partial charge in [0, 0.05) is 12.1 Å². The molecule has 2 N–H and O–H groups in total. The summed E-state index contributed by atoms with van der Waals surface area (Å²) >= 11 is 0. The van der Waals surface area contributed by atoms with Gasteiger partial charge in [-0.25, -0.2) is 4.39 Å². The predicted octanol–water partition coefficient (Wildman–Crippen LogP) is 1.88. The summed E-state index contributed by atoms with van der Waals surface area (Å²) in [4.78, 5) is 23.9. The monoisotopic (exact) mass is 278 g/mol. The van der Waals surface area contributed by atoms with Crippen molar-refractivity contribution in [2.75, 3.05) is 6.54 Å². The van der Waals surface area contributed by atoms with E-state index in [9.17, 15) is 14.0 Å². The Morgan fingerprint density at radius 2 is 1.90 bits per heavy atom. The normalized spacial score (nSPS) is 11.8. The molecule has 0 aliphatic carbocycles. The van der Waals surface area contributed by atoms with Crippen molar-refractivity contribution in [3.05, 3.63) is 48.3 Å². The van der Waals surface area contributed by atoms with Crippen LogP contribution in [0.3, 0.4) is 0 Å².